The van der Waals surface area contributed by atoms with Crippen molar-refractivity contribution >= 4 is 45.7 Å². The quantitative estimate of drug-likeness (QED) is 0.176. The van der Waals surface area contributed by atoms with Gasteiger partial charge in [0, 0.05) is 12.5 Å². The number of anilines is 1. The van der Waals surface area contributed by atoms with Crippen LogP contribution < -0.4 is 4.90 Å². The molecule has 1 unspecified atom stereocenters. The predicted octanol–water partition coefficient (Wildman–Crippen LogP) is 4.68. The number of aromatic nitrogens is 1. The van der Waals surface area contributed by atoms with Gasteiger partial charge >= 0.3 is 11.9 Å². The zero-order valence-electron chi connectivity index (χ0n) is 20.4. The van der Waals surface area contributed by atoms with Crippen LogP contribution in [0, 0.1) is 20.8 Å². The van der Waals surface area contributed by atoms with Gasteiger partial charge in [-0.2, -0.15) is 0 Å². The molecule has 1 fully saturated rings. The van der Waals surface area contributed by atoms with Crippen LogP contribution in [0.5, 0.6) is 0 Å². The third-order valence-corrected chi connectivity index (χ3v) is 7.31. The van der Waals surface area contributed by atoms with Gasteiger partial charge in [-0.25, -0.2) is 9.78 Å². The number of methoxy groups -OCH3 is 1. The predicted molar refractivity (Wildman–Crippen MR) is 135 cm³/mol. The molecule has 1 N–H and O–H groups in total. The Morgan fingerprint density at radius 3 is 2.31 bits per heavy atom. The van der Waals surface area contributed by atoms with Gasteiger partial charge < -0.3 is 9.84 Å². The molecule has 0 aliphatic carbocycles. The number of esters is 1. The highest BCUT2D eigenvalue weighted by Crippen LogP contribution is 2.44. The molecule has 8 nitrogen and oxygen atoms in total. The van der Waals surface area contributed by atoms with E-state index in [1.165, 1.54) is 31.1 Å². The van der Waals surface area contributed by atoms with Crippen LogP contribution in [0.4, 0.5) is 5.13 Å². The zero-order valence-corrected chi connectivity index (χ0v) is 21.2. The Morgan fingerprint density at radius 1 is 1.06 bits per heavy atom. The van der Waals surface area contributed by atoms with Crippen LogP contribution in [0.15, 0.2) is 48.0 Å². The minimum Gasteiger partial charge on any atom is -0.507 e. The lowest BCUT2D eigenvalue weighted by atomic mass is 9.93. The molecule has 0 spiro atoms. The molecule has 0 radical (unpaired) electrons. The topological polar surface area (TPSA) is 114 Å². The molecule has 1 amide bonds. The van der Waals surface area contributed by atoms with E-state index in [9.17, 15) is 24.3 Å². The summed E-state index contributed by atoms with van der Waals surface area (Å²) < 4.78 is 4.76. The van der Waals surface area contributed by atoms with E-state index in [0.29, 0.717) is 21.7 Å². The maximum absolute atomic E-state index is 13.4. The number of ether oxygens (including phenoxy) is 1. The highest BCUT2D eigenvalue weighted by atomic mass is 32.1. The van der Waals surface area contributed by atoms with Crippen LogP contribution in [0.2, 0.25) is 0 Å². The molecule has 4 rings (SSSR count). The Hall–Kier alpha value is -4.11. The van der Waals surface area contributed by atoms with Crippen LogP contribution in [-0.4, -0.2) is 40.6 Å². The Kier molecular flexibility index (Phi) is 6.60. The van der Waals surface area contributed by atoms with Crippen LogP contribution in [0.1, 0.15) is 60.9 Å². The number of benzene rings is 2. The Bertz CT molecular complexity index is 1450. The van der Waals surface area contributed by atoms with Crippen molar-refractivity contribution in [2.24, 2.45) is 0 Å². The van der Waals surface area contributed by atoms with Crippen molar-refractivity contribution in [3.05, 3.63) is 86.4 Å². The van der Waals surface area contributed by atoms with Crippen molar-refractivity contribution in [2.75, 3.05) is 12.0 Å². The number of aryl methyl sites for hydroxylation is 3. The highest BCUT2D eigenvalue weighted by Gasteiger charge is 2.48. The molecule has 1 aliphatic heterocycles. The normalized spacial score (nSPS) is 16.9. The number of hydrogen-bond donors (Lipinski definition) is 1. The standard InChI is InChI=1S/C27H24N2O6S/c1-13-6-7-14(2)19(12-13)22(31)20-21(17-8-10-18(11-9-17)26(34)35-5)29(25(33)23(20)32)27-28-15(3)24(36-27)16(4)30/h6-12,21,31H,1-5H3/b22-20+. The second kappa shape index (κ2) is 9.50. The first kappa shape index (κ1) is 25.0. The second-order valence-corrected chi connectivity index (χ2v) is 9.55. The molecule has 1 saturated heterocycles. The average molecular weight is 505 g/mol. The molecular weight excluding hydrogens is 480 g/mol. The van der Waals surface area contributed by atoms with E-state index in [2.05, 4.69) is 4.98 Å². The van der Waals surface area contributed by atoms with Gasteiger partial charge in [0.25, 0.3) is 5.78 Å². The summed E-state index contributed by atoms with van der Waals surface area (Å²) in [5.74, 6) is -2.78. The Balaban J connectivity index is 1.96. The summed E-state index contributed by atoms with van der Waals surface area (Å²) in [5.41, 5.74) is 3.15. The molecule has 9 heteroatoms. The lowest BCUT2D eigenvalue weighted by molar-refractivity contribution is -0.132. The number of nitrogens with zero attached hydrogens (tertiary/aromatic N) is 2. The first-order valence-electron chi connectivity index (χ1n) is 11.1. The molecule has 36 heavy (non-hydrogen) atoms. The maximum Gasteiger partial charge on any atom is 0.337 e. The van der Waals surface area contributed by atoms with E-state index in [-0.39, 0.29) is 27.8 Å². The van der Waals surface area contributed by atoms with Gasteiger partial charge in [-0.15, -0.1) is 0 Å². The monoisotopic (exact) mass is 504 g/mol. The van der Waals surface area contributed by atoms with E-state index >= 15 is 0 Å². The highest BCUT2D eigenvalue weighted by molar-refractivity contribution is 7.18. The van der Waals surface area contributed by atoms with Gasteiger partial charge in [0.15, 0.2) is 10.9 Å². The van der Waals surface area contributed by atoms with Crippen molar-refractivity contribution in [3.8, 4) is 0 Å². The summed E-state index contributed by atoms with van der Waals surface area (Å²) in [4.78, 5) is 56.7. The van der Waals surface area contributed by atoms with E-state index in [4.69, 9.17) is 4.74 Å². The largest absolute Gasteiger partial charge is 0.507 e. The number of Topliss-reactive ketones (excluding diaryl/α,β-unsaturated/α-hetero) is 2. The minimum atomic E-state index is -1.03. The summed E-state index contributed by atoms with van der Waals surface area (Å²) in [6, 6.07) is 10.7. The third kappa shape index (κ3) is 4.22. The SMILES string of the molecule is COC(=O)c1ccc(C2/C(=C(\O)c3cc(C)ccc3C)C(=O)C(=O)N2c2nc(C)c(C(C)=O)s2)cc1. The fourth-order valence-corrected chi connectivity index (χ4v) is 5.20. The number of amides is 1. The molecule has 0 bridgehead atoms. The van der Waals surface area contributed by atoms with Crippen molar-refractivity contribution < 1.29 is 29.0 Å². The summed E-state index contributed by atoms with van der Waals surface area (Å²) in [6.45, 7) is 6.72. The lowest BCUT2D eigenvalue weighted by Crippen LogP contribution is -2.29. The average Bonchev–Trinajstić information content (AvgIpc) is 3.36. The molecule has 0 saturated carbocycles. The number of aliphatic hydroxyl groups excluding tert-OH is 1. The maximum atomic E-state index is 13.4. The first-order valence-corrected chi connectivity index (χ1v) is 11.9. The van der Waals surface area contributed by atoms with Crippen LogP contribution in [0.25, 0.3) is 5.76 Å². The molecule has 1 aromatic heterocycles. The number of ketones is 2. The Labute approximate surface area is 211 Å². The van der Waals surface area contributed by atoms with Gasteiger partial charge in [0.05, 0.1) is 34.9 Å². The fourth-order valence-electron chi connectivity index (χ4n) is 4.21. The number of carbonyl (C=O) groups excluding carboxylic acids is 4. The molecule has 2 heterocycles. The van der Waals surface area contributed by atoms with Crippen molar-refractivity contribution in [1.82, 2.24) is 4.98 Å². The van der Waals surface area contributed by atoms with Crippen LogP contribution in [-0.2, 0) is 14.3 Å². The Morgan fingerprint density at radius 2 is 1.72 bits per heavy atom. The van der Waals surface area contributed by atoms with E-state index in [1.807, 2.05) is 19.1 Å². The van der Waals surface area contributed by atoms with Crippen LogP contribution >= 0.6 is 11.3 Å². The summed E-state index contributed by atoms with van der Waals surface area (Å²) in [7, 11) is 1.27. The summed E-state index contributed by atoms with van der Waals surface area (Å²) in [5, 5.41) is 11.5. The molecule has 3 aromatic rings. The number of hydrogen-bond acceptors (Lipinski definition) is 8. The lowest BCUT2D eigenvalue weighted by Gasteiger charge is -2.23. The number of aliphatic hydroxyl groups is 1. The van der Waals surface area contributed by atoms with Gasteiger partial charge in [-0.1, -0.05) is 41.2 Å². The number of thiazole rings is 1. The molecule has 184 valence electrons. The van der Waals surface area contributed by atoms with E-state index in [0.717, 1.165) is 22.5 Å². The summed E-state index contributed by atoms with van der Waals surface area (Å²) in [6.07, 6.45) is 0. The number of rotatable bonds is 5. The summed E-state index contributed by atoms with van der Waals surface area (Å²) >= 11 is 1.01. The fraction of sp³-hybridized carbons (Fsp3) is 0.222. The molecule has 1 atom stereocenters. The second-order valence-electron chi connectivity index (χ2n) is 8.57. The van der Waals surface area contributed by atoms with Gasteiger partial charge in [-0.3, -0.25) is 19.3 Å². The molecule has 2 aromatic carbocycles. The minimum absolute atomic E-state index is 0.100. The van der Waals surface area contributed by atoms with Crippen LogP contribution in [0.3, 0.4) is 0 Å². The van der Waals surface area contributed by atoms with Crippen molar-refractivity contribution in [2.45, 2.75) is 33.7 Å². The number of carbonyl (C=O) groups is 4. The van der Waals surface area contributed by atoms with Gasteiger partial charge in [-0.05, 0) is 50.1 Å². The van der Waals surface area contributed by atoms with Gasteiger partial charge in [0.2, 0.25) is 0 Å². The molecular formula is C27H24N2O6S. The van der Waals surface area contributed by atoms with Gasteiger partial charge in [0.1, 0.15) is 5.76 Å². The van der Waals surface area contributed by atoms with Crippen molar-refractivity contribution in [1.29, 1.82) is 0 Å². The van der Waals surface area contributed by atoms with Crippen molar-refractivity contribution in [3.63, 3.8) is 0 Å². The smallest absolute Gasteiger partial charge is 0.337 e. The third-order valence-electron chi connectivity index (χ3n) is 6.05. The first-order chi connectivity index (χ1) is 17.0. The zero-order chi connectivity index (χ0) is 26.3. The van der Waals surface area contributed by atoms with E-state index in [1.54, 1.807) is 32.0 Å². The molecule has 1 aliphatic rings. The van der Waals surface area contributed by atoms with E-state index < -0.39 is 23.7 Å².